The molecule has 2 rings (SSSR count). The van der Waals surface area contributed by atoms with Crippen molar-refractivity contribution >= 4 is 5.69 Å². The predicted molar refractivity (Wildman–Crippen MR) is 77.9 cm³/mol. The molecule has 7 heteroatoms. The number of alkyl halides is 1. The van der Waals surface area contributed by atoms with E-state index in [1.54, 1.807) is 0 Å². The van der Waals surface area contributed by atoms with Crippen molar-refractivity contribution in [1.29, 1.82) is 0 Å². The van der Waals surface area contributed by atoms with E-state index in [1.165, 1.54) is 7.11 Å². The number of nitrogens with zero attached hydrogens (tertiary/aromatic N) is 4. The average Bonchev–Trinajstić information content (AvgIpc) is 2.94. The maximum absolute atomic E-state index is 13.0. The van der Waals surface area contributed by atoms with E-state index in [4.69, 9.17) is 10.3 Å². The van der Waals surface area contributed by atoms with Gasteiger partial charge < -0.3 is 14.7 Å². The van der Waals surface area contributed by atoms with E-state index < -0.39 is 18.8 Å². The van der Waals surface area contributed by atoms with Crippen LogP contribution in [0.15, 0.2) is 29.4 Å². The molecular weight excluding hydrogens is 275 g/mol. The van der Waals surface area contributed by atoms with Crippen molar-refractivity contribution in [3.8, 4) is 0 Å². The van der Waals surface area contributed by atoms with Crippen molar-refractivity contribution in [2.24, 2.45) is 5.11 Å². The summed E-state index contributed by atoms with van der Waals surface area (Å²) in [5.74, 6) is 0. The number of halogens is 1. The lowest BCUT2D eigenvalue weighted by Crippen LogP contribution is -2.22. The number of rotatable bonds is 6. The molecule has 0 unspecified atom stereocenters. The van der Waals surface area contributed by atoms with E-state index in [9.17, 15) is 9.50 Å². The van der Waals surface area contributed by atoms with Crippen molar-refractivity contribution in [2.45, 2.75) is 24.7 Å². The van der Waals surface area contributed by atoms with Gasteiger partial charge in [0.25, 0.3) is 0 Å². The van der Waals surface area contributed by atoms with Gasteiger partial charge in [-0.15, -0.1) is 0 Å². The summed E-state index contributed by atoms with van der Waals surface area (Å²) in [6, 6.07) is 6.61. The molecule has 0 radical (unpaired) electrons. The van der Waals surface area contributed by atoms with Crippen molar-refractivity contribution in [2.75, 3.05) is 31.8 Å². The Hall–Kier alpha value is -1.82. The smallest absolute Gasteiger partial charge is 0.101 e. The molecule has 114 valence electrons. The summed E-state index contributed by atoms with van der Waals surface area (Å²) in [6.07, 6.45) is -0.120. The molecule has 0 amide bonds. The highest BCUT2D eigenvalue weighted by atomic mass is 19.1. The molecule has 1 fully saturated rings. The number of ether oxygens (including phenoxy) is 1. The van der Waals surface area contributed by atoms with Crippen molar-refractivity contribution < 1.29 is 14.2 Å². The summed E-state index contributed by atoms with van der Waals surface area (Å²) in [5.41, 5.74) is 10.2. The Balaban J connectivity index is 2.14. The SMILES string of the molecule is CO[C@H](c1ccc(N2CC[C@H](O)C2)cc1)[C@@H](CF)N=[N+]=[N-]. The quantitative estimate of drug-likeness (QED) is 0.497. The van der Waals surface area contributed by atoms with Crippen LogP contribution >= 0.6 is 0 Å². The van der Waals surface area contributed by atoms with Crippen LogP contribution in [0.4, 0.5) is 10.1 Å². The molecule has 1 heterocycles. The minimum Gasteiger partial charge on any atom is -0.391 e. The second-order valence-corrected chi connectivity index (χ2v) is 5.06. The molecule has 1 saturated heterocycles. The van der Waals surface area contributed by atoms with Gasteiger partial charge in [0.1, 0.15) is 6.67 Å². The Morgan fingerprint density at radius 2 is 2.24 bits per heavy atom. The van der Waals surface area contributed by atoms with Crippen LogP contribution in [0.25, 0.3) is 10.4 Å². The summed E-state index contributed by atoms with van der Waals surface area (Å²) < 4.78 is 18.2. The third-order valence-corrected chi connectivity index (χ3v) is 3.71. The van der Waals surface area contributed by atoms with E-state index in [0.717, 1.165) is 24.2 Å². The largest absolute Gasteiger partial charge is 0.391 e. The van der Waals surface area contributed by atoms with Gasteiger partial charge in [-0.2, -0.15) is 0 Å². The van der Waals surface area contributed by atoms with Gasteiger partial charge in [-0.25, -0.2) is 0 Å². The highest BCUT2D eigenvalue weighted by Crippen LogP contribution is 2.27. The molecule has 0 saturated carbocycles. The summed E-state index contributed by atoms with van der Waals surface area (Å²) in [7, 11) is 1.46. The predicted octanol–water partition coefficient (Wildman–Crippen LogP) is 2.59. The molecule has 1 aliphatic heterocycles. The van der Waals surface area contributed by atoms with Gasteiger partial charge in [-0.1, -0.05) is 17.2 Å². The highest BCUT2D eigenvalue weighted by molar-refractivity contribution is 5.49. The molecule has 1 N–H and O–H groups in total. The monoisotopic (exact) mass is 294 g/mol. The number of hydrogen-bond donors (Lipinski definition) is 1. The van der Waals surface area contributed by atoms with Crippen LogP contribution in [0.2, 0.25) is 0 Å². The first-order valence-corrected chi connectivity index (χ1v) is 6.85. The summed E-state index contributed by atoms with van der Waals surface area (Å²) >= 11 is 0. The Morgan fingerprint density at radius 3 is 2.71 bits per heavy atom. The van der Waals surface area contributed by atoms with Gasteiger partial charge in [-0.05, 0) is 29.6 Å². The summed E-state index contributed by atoms with van der Waals surface area (Å²) in [5, 5.41) is 13.0. The van der Waals surface area contributed by atoms with Gasteiger partial charge >= 0.3 is 0 Å². The average molecular weight is 294 g/mol. The number of anilines is 1. The Labute approximate surface area is 122 Å². The molecule has 21 heavy (non-hydrogen) atoms. The molecule has 1 aliphatic rings. The maximum atomic E-state index is 13.0. The molecule has 0 aliphatic carbocycles. The van der Waals surface area contributed by atoms with Crippen molar-refractivity contribution in [1.82, 2.24) is 0 Å². The Kier molecular flexibility index (Phi) is 5.38. The number of aliphatic hydroxyl groups is 1. The lowest BCUT2D eigenvalue weighted by atomic mass is 10.0. The standard InChI is InChI=1S/C14H19FN4O2/c1-21-14(13(8-15)17-18-16)10-2-4-11(5-3-10)19-7-6-12(20)9-19/h2-5,12-14,20H,6-9H2,1H3/t12-,13+,14+/m0/s1. The Bertz CT molecular complexity index is 504. The third kappa shape index (κ3) is 3.64. The molecule has 0 spiro atoms. The first-order chi connectivity index (χ1) is 10.2. The molecule has 0 aromatic heterocycles. The minimum absolute atomic E-state index is 0.280. The number of azide groups is 1. The van der Waals surface area contributed by atoms with Gasteiger partial charge in [0.15, 0.2) is 0 Å². The van der Waals surface area contributed by atoms with E-state index in [2.05, 4.69) is 14.9 Å². The first kappa shape index (κ1) is 15.6. The van der Waals surface area contributed by atoms with Crippen LogP contribution in [-0.2, 0) is 4.74 Å². The van der Waals surface area contributed by atoms with Gasteiger partial charge in [0.05, 0.1) is 18.2 Å². The number of hydrogen-bond acceptors (Lipinski definition) is 4. The maximum Gasteiger partial charge on any atom is 0.101 e. The van der Waals surface area contributed by atoms with E-state index in [-0.39, 0.29) is 6.10 Å². The Morgan fingerprint density at radius 1 is 1.52 bits per heavy atom. The third-order valence-electron chi connectivity index (χ3n) is 3.71. The lowest BCUT2D eigenvalue weighted by Gasteiger charge is -2.22. The van der Waals surface area contributed by atoms with E-state index in [1.807, 2.05) is 24.3 Å². The second kappa shape index (κ2) is 7.26. The highest BCUT2D eigenvalue weighted by Gasteiger charge is 2.23. The van der Waals surface area contributed by atoms with Gasteiger partial charge in [0, 0.05) is 30.8 Å². The van der Waals surface area contributed by atoms with Crippen LogP contribution in [0.1, 0.15) is 18.1 Å². The van der Waals surface area contributed by atoms with Crippen LogP contribution in [0.3, 0.4) is 0 Å². The van der Waals surface area contributed by atoms with Crippen LogP contribution < -0.4 is 4.90 Å². The lowest BCUT2D eigenvalue weighted by molar-refractivity contribution is 0.0722. The fraction of sp³-hybridized carbons (Fsp3) is 0.571. The zero-order valence-corrected chi connectivity index (χ0v) is 11.9. The fourth-order valence-electron chi connectivity index (χ4n) is 2.61. The molecule has 1 aromatic rings. The van der Waals surface area contributed by atoms with Crippen molar-refractivity contribution in [3.63, 3.8) is 0 Å². The van der Waals surface area contributed by atoms with E-state index in [0.29, 0.717) is 6.54 Å². The number of β-amino-alcohol motifs (C(OH)–C–C–N with tert-alkyl or cyclic N) is 1. The fourth-order valence-corrected chi connectivity index (χ4v) is 2.61. The normalized spacial score (nSPS) is 20.9. The van der Waals surface area contributed by atoms with Crippen molar-refractivity contribution in [3.05, 3.63) is 40.3 Å². The number of benzene rings is 1. The molecule has 1 aromatic carbocycles. The second-order valence-electron chi connectivity index (χ2n) is 5.06. The van der Waals surface area contributed by atoms with Crippen LogP contribution in [0.5, 0.6) is 0 Å². The molecule has 0 bridgehead atoms. The molecular formula is C14H19FN4O2. The summed E-state index contributed by atoms with van der Waals surface area (Å²) in [4.78, 5) is 4.75. The molecule has 6 nitrogen and oxygen atoms in total. The van der Waals surface area contributed by atoms with Gasteiger partial charge in [0.2, 0.25) is 0 Å². The van der Waals surface area contributed by atoms with Crippen LogP contribution in [-0.4, -0.2) is 44.1 Å². The van der Waals surface area contributed by atoms with Gasteiger partial charge in [-0.3, -0.25) is 4.39 Å². The number of methoxy groups -OCH3 is 1. The van der Waals surface area contributed by atoms with E-state index >= 15 is 0 Å². The zero-order chi connectivity index (χ0) is 15.2. The topological polar surface area (TPSA) is 81.5 Å². The minimum atomic E-state index is -0.876. The number of aliphatic hydroxyl groups excluding tert-OH is 1. The van der Waals surface area contributed by atoms with Crippen LogP contribution in [0, 0.1) is 0 Å². The molecule has 3 atom stereocenters. The summed E-state index contributed by atoms with van der Waals surface area (Å²) in [6.45, 7) is 0.668. The zero-order valence-electron chi connectivity index (χ0n) is 11.9. The first-order valence-electron chi connectivity index (χ1n) is 6.85.